The van der Waals surface area contributed by atoms with Gasteiger partial charge in [-0.2, -0.15) is 5.10 Å². The average Bonchev–Trinajstić information content (AvgIpc) is 2.68. The topological polar surface area (TPSA) is 17.8 Å². The Bertz CT molecular complexity index is 488. The molecule has 2 rings (SSSR count). The molecule has 0 aliphatic heterocycles. The monoisotopic (exact) mass is 294 g/mol. The molecule has 0 spiro atoms. The van der Waals surface area contributed by atoms with Crippen LogP contribution >= 0.6 is 15.9 Å². The number of aryl methyl sites for hydroxylation is 2. The van der Waals surface area contributed by atoms with Crippen molar-refractivity contribution in [1.29, 1.82) is 0 Å². The van der Waals surface area contributed by atoms with E-state index in [9.17, 15) is 0 Å². The summed E-state index contributed by atoms with van der Waals surface area (Å²) < 4.78 is 2.10. The molecule has 0 saturated carbocycles. The number of para-hydroxylation sites is 1. The zero-order chi connectivity index (χ0) is 12.3. The first-order chi connectivity index (χ1) is 8.22. The van der Waals surface area contributed by atoms with Crippen molar-refractivity contribution in [3.8, 4) is 0 Å². The maximum atomic E-state index is 4.71. The van der Waals surface area contributed by atoms with Crippen LogP contribution in [0.15, 0.2) is 24.3 Å². The van der Waals surface area contributed by atoms with E-state index in [1.807, 2.05) is 0 Å². The molecule has 0 aliphatic rings. The van der Waals surface area contributed by atoms with Crippen molar-refractivity contribution in [2.75, 3.05) is 0 Å². The predicted molar refractivity (Wildman–Crippen MR) is 76.7 cm³/mol. The van der Waals surface area contributed by atoms with Gasteiger partial charge >= 0.3 is 0 Å². The summed E-state index contributed by atoms with van der Waals surface area (Å²) in [4.78, 5) is 0.599. The first-order valence-corrected chi connectivity index (χ1v) is 7.22. The standard InChI is InChI=1S/C14H19BrN2/c1-3-17-14-10-5-4-8-12(14)13(16-17)9-6-7-11(2)15/h4-5,8,10-11H,3,6-7,9H2,1-2H3. The molecule has 2 nitrogen and oxygen atoms in total. The molecule has 0 saturated heterocycles. The lowest BCUT2D eigenvalue weighted by molar-refractivity contribution is 0.651. The van der Waals surface area contributed by atoms with Crippen LogP contribution in [-0.4, -0.2) is 14.6 Å². The molecule has 0 amide bonds. The molecule has 0 fully saturated rings. The Hall–Kier alpha value is -0.830. The lowest BCUT2D eigenvalue weighted by Gasteiger charge is -2.01. The summed E-state index contributed by atoms with van der Waals surface area (Å²) in [5.74, 6) is 0. The second-order valence-corrected chi connectivity index (χ2v) is 6.02. The van der Waals surface area contributed by atoms with Crippen LogP contribution in [0.2, 0.25) is 0 Å². The summed E-state index contributed by atoms with van der Waals surface area (Å²) in [6.07, 6.45) is 3.47. The number of halogens is 1. The highest BCUT2D eigenvalue weighted by atomic mass is 79.9. The molecule has 1 aromatic carbocycles. The number of hydrogen-bond donors (Lipinski definition) is 0. The molecular weight excluding hydrogens is 276 g/mol. The van der Waals surface area contributed by atoms with Gasteiger partial charge in [-0.3, -0.25) is 4.68 Å². The maximum Gasteiger partial charge on any atom is 0.0703 e. The highest BCUT2D eigenvalue weighted by Gasteiger charge is 2.08. The van der Waals surface area contributed by atoms with Gasteiger partial charge in [0, 0.05) is 16.8 Å². The number of hydrogen-bond acceptors (Lipinski definition) is 1. The van der Waals surface area contributed by atoms with Crippen LogP contribution < -0.4 is 0 Å². The number of rotatable bonds is 5. The van der Waals surface area contributed by atoms with Gasteiger partial charge in [-0.1, -0.05) is 41.1 Å². The Balaban J connectivity index is 2.22. The summed E-state index contributed by atoms with van der Waals surface area (Å²) in [6.45, 7) is 5.28. The number of nitrogens with zero attached hydrogens (tertiary/aromatic N) is 2. The van der Waals surface area contributed by atoms with E-state index in [4.69, 9.17) is 5.10 Å². The molecule has 2 aromatic rings. The predicted octanol–water partition coefficient (Wildman–Crippen LogP) is 4.16. The van der Waals surface area contributed by atoms with Gasteiger partial charge in [0.25, 0.3) is 0 Å². The van der Waals surface area contributed by atoms with Crippen molar-refractivity contribution in [1.82, 2.24) is 9.78 Å². The Morgan fingerprint density at radius 2 is 2.12 bits per heavy atom. The number of benzene rings is 1. The Kier molecular flexibility index (Phi) is 4.21. The third-order valence-corrected chi connectivity index (χ3v) is 3.51. The molecule has 0 radical (unpaired) electrons. The zero-order valence-electron chi connectivity index (χ0n) is 10.5. The molecule has 0 aliphatic carbocycles. The van der Waals surface area contributed by atoms with Crippen molar-refractivity contribution in [2.24, 2.45) is 0 Å². The maximum absolute atomic E-state index is 4.71. The van der Waals surface area contributed by atoms with E-state index < -0.39 is 0 Å². The van der Waals surface area contributed by atoms with Crippen LogP contribution in [-0.2, 0) is 13.0 Å². The highest BCUT2D eigenvalue weighted by molar-refractivity contribution is 9.09. The number of aromatic nitrogens is 2. The second-order valence-electron chi connectivity index (χ2n) is 4.45. The summed E-state index contributed by atoms with van der Waals surface area (Å²) in [7, 11) is 0. The molecule has 0 bridgehead atoms. The van der Waals surface area contributed by atoms with E-state index in [0.29, 0.717) is 4.83 Å². The zero-order valence-corrected chi connectivity index (χ0v) is 12.1. The van der Waals surface area contributed by atoms with E-state index in [0.717, 1.165) is 13.0 Å². The van der Waals surface area contributed by atoms with Crippen LogP contribution in [0.5, 0.6) is 0 Å². The molecule has 1 unspecified atom stereocenters. The van der Waals surface area contributed by atoms with Gasteiger partial charge in [0.15, 0.2) is 0 Å². The van der Waals surface area contributed by atoms with Crippen molar-refractivity contribution < 1.29 is 0 Å². The van der Waals surface area contributed by atoms with E-state index in [2.05, 4.69) is 58.7 Å². The summed E-state index contributed by atoms with van der Waals surface area (Å²) >= 11 is 3.59. The molecular formula is C14H19BrN2. The number of fused-ring (bicyclic) bond motifs is 1. The van der Waals surface area contributed by atoms with Gasteiger partial charge in [0.05, 0.1) is 11.2 Å². The highest BCUT2D eigenvalue weighted by Crippen LogP contribution is 2.20. The molecule has 1 atom stereocenters. The molecule has 0 N–H and O–H groups in total. The smallest absolute Gasteiger partial charge is 0.0703 e. The summed E-state index contributed by atoms with van der Waals surface area (Å²) in [5, 5.41) is 6.02. The van der Waals surface area contributed by atoms with Gasteiger partial charge in [-0.05, 0) is 32.3 Å². The van der Waals surface area contributed by atoms with Gasteiger partial charge in [0.1, 0.15) is 0 Å². The molecule has 92 valence electrons. The molecule has 1 aromatic heterocycles. The van der Waals surface area contributed by atoms with Crippen LogP contribution in [0.1, 0.15) is 32.4 Å². The largest absolute Gasteiger partial charge is 0.265 e. The van der Waals surface area contributed by atoms with Gasteiger partial charge in [-0.15, -0.1) is 0 Å². The Morgan fingerprint density at radius 1 is 1.35 bits per heavy atom. The first-order valence-electron chi connectivity index (χ1n) is 6.31. The minimum Gasteiger partial charge on any atom is -0.265 e. The molecule has 1 heterocycles. The van der Waals surface area contributed by atoms with Gasteiger partial charge in [-0.25, -0.2) is 0 Å². The van der Waals surface area contributed by atoms with Crippen LogP contribution in [0.4, 0.5) is 0 Å². The minimum atomic E-state index is 0.599. The van der Waals surface area contributed by atoms with E-state index in [-0.39, 0.29) is 0 Å². The van der Waals surface area contributed by atoms with Crippen LogP contribution in [0, 0.1) is 0 Å². The third-order valence-electron chi connectivity index (χ3n) is 3.05. The number of alkyl halides is 1. The van der Waals surface area contributed by atoms with Crippen LogP contribution in [0.3, 0.4) is 0 Å². The molecule has 17 heavy (non-hydrogen) atoms. The third kappa shape index (κ3) is 2.89. The fourth-order valence-corrected chi connectivity index (χ4v) is 2.50. The van der Waals surface area contributed by atoms with E-state index in [1.54, 1.807) is 0 Å². The quantitative estimate of drug-likeness (QED) is 0.757. The lowest BCUT2D eigenvalue weighted by Crippen LogP contribution is -1.98. The Morgan fingerprint density at radius 3 is 2.82 bits per heavy atom. The average molecular weight is 295 g/mol. The van der Waals surface area contributed by atoms with E-state index >= 15 is 0 Å². The Labute approximate surface area is 111 Å². The summed E-state index contributed by atoms with van der Waals surface area (Å²) in [6, 6.07) is 8.52. The fraction of sp³-hybridized carbons (Fsp3) is 0.500. The lowest BCUT2D eigenvalue weighted by atomic mass is 10.1. The minimum absolute atomic E-state index is 0.599. The van der Waals surface area contributed by atoms with Gasteiger partial charge in [0.2, 0.25) is 0 Å². The van der Waals surface area contributed by atoms with Gasteiger partial charge < -0.3 is 0 Å². The normalized spacial score (nSPS) is 13.1. The summed E-state index contributed by atoms with van der Waals surface area (Å²) in [5.41, 5.74) is 2.51. The van der Waals surface area contributed by atoms with Crippen molar-refractivity contribution in [3.05, 3.63) is 30.0 Å². The second kappa shape index (κ2) is 5.67. The fourth-order valence-electron chi connectivity index (χ4n) is 2.17. The van der Waals surface area contributed by atoms with Crippen LogP contribution in [0.25, 0.3) is 10.9 Å². The van der Waals surface area contributed by atoms with Crippen molar-refractivity contribution in [3.63, 3.8) is 0 Å². The van der Waals surface area contributed by atoms with E-state index in [1.165, 1.54) is 29.4 Å². The molecule has 3 heteroatoms. The SMILES string of the molecule is CCn1nc(CCCC(C)Br)c2ccccc21. The van der Waals surface area contributed by atoms with Crippen molar-refractivity contribution >= 4 is 26.8 Å². The van der Waals surface area contributed by atoms with Crippen molar-refractivity contribution in [2.45, 2.75) is 44.5 Å². The first kappa shape index (κ1) is 12.6.